The first-order chi connectivity index (χ1) is 9.54. The summed E-state index contributed by atoms with van der Waals surface area (Å²) in [7, 11) is 0. The molecule has 20 heavy (non-hydrogen) atoms. The predicted octanol–water partition coefficient (Wildman–Crippen LogP) is 4.87. The normalized spacial score (nSPS) is 21.2. The van der Waals surface area contributed by atoms with E-state index in [2.05, 4.69) is 31.9 Å². The summed E-state index contributed by atoms with van der Waals surface area (Å²) in [6, 6.07) is 10.3. The lowest BCUT2D eigenvalue weighted by Crippen LogP contribution is -2.24. The van der Waals surface area contributed by atoms with Gasteiger partial charge in [-0.15, -0.1) is 0 Å². The van der Waals surface area contributed by atoms with Gasteiger partial charge in [0.2, 0.25) is 0 Å². The smallest absolute Gasteiger partial charge is 0.127 e. The zero-order valence-electron chi connectivity index (χ0n) is 10.4. The Kier molecular flexibility index (Phi) is 3.84. The summed E-state index contributed by atoms with van der Waals surface area (Å²) < 4.78 is 21.2. The highest BCUT2D eigenvalue weighted by Crippen LogP contribution is 2.42. The van der Waals surface area contributed by atoms with Crippen molar-refractivity contribution in [2.45, 2.75) is 18.6 Å². The summed E-state index contributed by atoms with van der Waals surface area (Å²) >= 11 is 6.87. The molecule has 1 heterocycles. The van der Waals surface area contributed by atoms with Gasteiger partial charge in [0.25, 0.3) is 0 Å². The van der Waals surface area contributed by atoms with E-state index in [9.17, 15) is 4.39 Å². The van der Waals surface area contributed by atoms with E-state index in [1.807, 2.05) is 18.2 Å². The van der Waals surface area contributed by atoms with Gasteiger partial charge in [-0.05, 0) is 30.3 Å². The minimum Gasteiger partial charge on any atom is -0.485 e. The standard InChI is InChI=1S/C15H12Br2FNO/c16-8-1-3-10-13(19)7-15(20-14(10)5-8)11-6-9(18)2-4-12(11)17/h1-6,13,15H,7,19H2/t13-,15?/m1/s1. The minimum absolute atomic E-state index is 0.119. The van der Waals surface area contributed by atoms with Crippen molar-refractivity contribution in [3.8, 4) is 5.75 Å². The third kappa shape index (κ3) is 2.62. The van der Waals surface area contributed by atoms with Gasteiger partial charge in [0.1, 0.15) is 17.7 Å². The summed E-state index contributed by atoms with van der Waals surface area (Å²) in [5.41, 5.74) is 7.97. The maximum atomic E-state index is 13.4. The van der Waals surface area contributed by atoms with Crippen LogP contribution in [-0.4, -0.2) is 0 Å². The van der Waals surface area contributed by atoms with Crippen molar-refractivity contribution in [2.24, 2.45) is 5.73 Å². The van der Waals surface area contributed by atoms with Crippen LogP contribution in [0.15, 0.2) is 45.3 Å². The van der Waals surface area contributed by atoms with E-state index >= 15 is 0 Å². The molecule has 0 fully saturated rings. The highest BCUT2D eigenvalue weighted by Gasteiger charge is 2.28. The van der Waals surface area contributed by atoms with Crippen molar-refractivity contribution in [2.75, 3.05) is 0 Å². The zero-order chi connectivity index (χ0) is 14.3. The van der Waals surface area contributed by atoms with E-state index in [1.54, 1.807) is 6.07 Å². The van der Waals surface area contributed by atoms with Gasteiger partial charge in [-0.2, -0.15) is 0 Å². The fourth-order valence-electron chi connectivity index (χ4n) is 2.43. The third-order valence-corrected chi connectivity index (χ3v) is 4.63. The number of hydrogen-bond donors (Lipinski definition) is 1. The summed E-state index contributed by atoms with van der Waals surface area (Å²) in [4.78, 5) is 0. The van der Waals surface area contributed by atoms with Crippen molar-refractivity contribution in [3.05, 3.63) is 62.3 Å². The molecular weight excluding hydrogens is 389 g/mol. The Bertz CT molecular complexity index is 662. The van der Waals surface area contributed by atoms with Gasteiger partial charge in [0.15, 0.2) is 0 Å². The average molecular weight is 401 g/mol. The number of hydrogen-bond acceptors (Lipinski definition) is 2. The number of rotatable bonds is 1. The monoisotopic (exact) mass is 399 g/mol. The summed E-state index contributed by atoms with van der Waals surface area (Å²) in [6.45, 7) is 0. The molecule has 0 aromatic heterocycles. The molecule has 2 nitrogen and oxygen atoms in total. The quantitative estimate of drug-likeness (QED) is 0.740. The Morgan fingerprint density at radius 2 is 1.90 bits per heavy atom. The van der Waals surface area contributed by atoms with Crippen LogP contribution in [0.3, 0.4) is 0 Å². The lowest BCUT2D eigenvalue weighted by molar-refractivity contribution is 0.160. The van der Waals surface area contributed by atoms with E-state index in [0.29, 0.717) is 6.42 Å². The van der Waals surface area contributed by atoms with Crippen LogP contribution in [0, 0.1) is 5.82 Å². The number of ether oxygens (including phenoxy) is 1. The molecule has 0 spiro atoms. The molecule has 2 aromatic rings. The zero-order valence-corrected chi connectivity index (χ0v) is 13.6. The van der Waals surface area contributed by atoms with Crippen LogP contribution in [0.25, 0.3) is 0 Å². The van der Waals surface area contributed by atoms with E-state index in [1.165, 1.54) is 12.1 Å². The molecule has 0 bridgehead atoms. The second-order valence-electron chi connectivity index (χ2n) is 4.80. The molecular formula is C15H12Br2FNO. The van der Waals surface area contributed by atoms with Crippen LogP contribution < -0.4 is 10.5 Å². The Hall–Kier alpha value is -0.910. The molecule has 5 heteroatoms. The van der Waals surface area contributed by atoms with Crippen LogP contribution in [0.2, 0.25) is 0 Å². The van der Waals surface area contributed by atoms with Crippen molar-refractivity contribution in [1.82, 2.24) is 0 Å². The van der Waals surface area contributed by atoms with Crippen LogP contribution in [0.4, 0.5) is 4.39 Å². The molecule has 2 aromatic carbocycles. The van der Waals surface area contributed by atoms with E-state index in [-0.39, 0.29) is 18.0 Å². The van der Waals surface area contributed by atoms with Crippen LogP contribution in [-0.2, 0) is 0 Å². The SMILES string of the molecule is N[C@@H]1CC(c2cc(F)ccc2Br)Oc2cc(Br)ccc21. The van der Waals surface area contributed by atoms with Crippen molar-refractivity contribution in [3.63, 3.8) is 0 Å². The van der Waals surface area contributed by atoms with Gasteiger partial charge >= 0.3 is 0 Å². The molecule has 2 atom stereocenters. The number of nitrogens with two attached hydrogens (primary N) is 1. The van der Waals surface area contributed by atoms with Gasteiger partial charge in [0.05, 0.1) is 0 Å². The molecule has 0 amide bonds. The maximum Gasteiger partial charge on any atom is 0.127 e. The van der Waals surface area contributed by atoms with E-state index in [0.717, 1.165) is 25.8 Å². The minimum atomic E-state index is -0.277. The lowest BCUT2D eigenvalue weighted by atomic mass is 9.93. The number of fused-ring (bicyclic) bond motifs is 1. The molecule has 0 saturated carbocycles. The molecule has 0 aliphatic carbocycles. The van der Waals surface area contributed by atoms with Crippen LogP contribution >= 0.6 is 31.9 Å². The first-order valence-corrected chi connectivity index (χ1v) is 7.80. The Morgan fingerprint density at radius 1 is 1.10 bits per heavy atom. The number of benzene rings is 2. The largest absolute Gasteiger partial charge is 0.485 e. The fourth-order valence-corrected chi connectivity index (χ4v) is 3.27. The van der Waals surface area contributed by atoms with E-state index < -0.39 is 0 Å². The van der Waals surface area contributed by atoms with Gasteiger partial charge < -0.3 is 10.5 Å². The third-order valence-electron chi connectivity index (χ3n) is 3.42. The van der Waals surface area contributed by atoms with Crippen molar-refractivity contribution < 1.29 is 9.13 Å². The van der Waals surface area contributed by atoms with Crippen molar-refractivity contribution >= 4 is 31.9 Å². The maximum absolute atomic E-state index is 13.4. The Labute approximate surface area is 133 Å². The summed E-state index contributed by atoms with van der Waals surface area (Å²) in [5, 5.41) is 0. The van der Waals surface area contributed by atoms with Crippen molar-refractivity contribution in [1.29, 1.82) is 0 Å². The first-order valence-electron chi connectivity index (χ1n) is 6.21. The highest BCUT2D eigenvalue weighted by molar-refractivity contribution is 9.10. The molecule has 1 unspecified atom stereocenters. The highest BCUT2D eigenvalue weighted by atomic mass is 79.9. The summed E-state index contributed by atoms with van der Waals surface area (Å²) in [5.74, 6) is 0.472. The molecule has 104 valence electrons. The Morgan fingerprint density at radius 3 is 2.70 bits per heavy atom. The average Bonchev–Trinajstić information content (AvgIpc) is 2.41. The van der Waals surface area contributed by atoms with Gasteiger partial charge in [-0.3, -0.25) is 0 Å². The molecule has 1 aliphatic rings. The second kappa shape index (κ2) is 5.47. The van der Waals surface area contributed by atoms with Gasteiger partial charge in [-0.1, -0.05) is 37.9 Å². The molecule has 1 aliphatic heterocycles. The second-order valence-corrected chi connectivity index (χ2v) is 6.57. The fraction of sp³-hybridized carbons (Fsp3) is 0.200. The number of halogens is 3. The summed E-state index contributed by atoms with van der Waals surface area (Å²) in [6.07, 6.45) is 0.369. The first kappa shape index (κ1) is 14.0. The van der Waals surface area contributed by atoms with Gasteiger partial charge in [0, 0.05) is 32.5 Å². The van der Waals surface area contributed by atoms with E-state index in [4.69, 9.17) is 10.5 Å². The topological polar surface area (TPSA) is 35.2 Å². The Balaban J connectivity index is 2.00. The predicted molar refractivity (Wildman–Crippen MR) is 83.2 cm³/mol. The molecule has 0 radical (unpaired) electrons. The van der Waals surface area contributed by atoms with Crippen LogP contribution in [0.1, 0.15) is 29.7 Å². The lowest BCUT2D eigenvalue weighted by Gasteiger charge is -2.31. The molecule has 3 rings (SSSR count). The van der Waals surface area contributed by atoms with Crippen LogP contribution in [0.5, 0.6) is 5.75 Å². The molecule has 2 N–H and O–H groups in total. The molecule has 0 saturated heterocycles. The van der Waals surface area contributed by atoms with Gasteiger partial charge in [-0.25, -0.2) is 4.39 Å².